The molecule has 1 aliphatic heterocycles. The van der Waals surface area contributed by atoms with E-state index in [1.165, 1.54) is 6.07 Å². The molecule has 0 bridgehead atoms. The maximum Gasteiger partial charge on any atom is 0.346 e. The molecule has 2 rings (SSSR count). The molecule has 0 radical (unpaired) electrons. The highest BCUT2D eigenvalue weighted by Gasteiger charge is 2.25. The first-order valence-electron chi connectivity index (χ1n) is 4.59. The minimum atomic E-state index is -0.865. The second-order valence-electron chi connectivity index (χ2n) is 3.29. The van der Waals surface area contributed by atoms with Crippen molar-refractivity contribution in [2.24, 2.45) is 10.2 Å². The molecule has 1 amide bonds. The molecule has 9 nitrogen and oxygen atoms in total. The van der Waals surface area contributed by atoms with Crippen LogP contribution in [0.4, 0.5) is 11.4 Å². The van der Waals surface area contributed by atoms with Crippen molar-refractivity contribution in [2.75, 3.05) is 0 Å². The van der Waals surface area contributed by atoms with Gasteiger partial charge in [-0.05, 0) is 6.07 Å². The Kier molecular flexibility index (Phi) is 2.64. The fraction of sp³-hybridized carbons (Fsp3) is 0. The molecule has 90 valence electrons. The molecule has 1 aromatic carbocycles. The lowest BCUT2D eigenvalue weighted by Gasteiger charge is -1.98. The van der Waals surface area contributed by atoms with Gasteiger partial charge in [-0.25, -0.2) is 0 Å². The average molecular weight is 248 g/mol. The Bertz CT molecular complexity index is 634. The van der Waals surface area contributed by atoms with Crippen LogP contribution in [0.5, 0.6) is 0 Å². The van der Waals surface area contributed by atoms with E-state index in [1.54, 1.807) is 0 Å². The first-order valence-corrected chi connectivity index (χ1v) is 4.59. The Morgan fingerprint density at radius 1 is 1.00 bits per heavy atom. The molecule has 1 aliphatic rings. The molecule has 9 heteroatoms. The molecular weight excluding hydrogens is 244 g/mol. The van der Waals surface area contributed by atoms with Crippen LogP contribution >= 0.6 is 0 Å². The molecule has 1 aromatic rings. The summed E-state index contributed by atoms with van der Waals surface area (Å²) in [6.45, 7) is 0. The third-order valence-corrected chi connectivity index (χ3v) is 2.18. The van der Waals surface area contributed by atoms with Crippen molar-refractivity contribution in [3.63, 3.8) is 0 Å². The molecule has 0 saturated carbocycles. The molecule has 0 spiro atoms. The zero-order chi connectivity index (χ0) is 13.3. The Labute approximate surface area is 98.7 Å². The number of amides is 1. The summed E-state index contributed by atoms with van der Waals surface area (Å²) in [5.74, 6) is -0.578. The lowest BCUT2D eigenvalue weighted by molar-refractivity contribution is -0.422. The third-order valence-electron chi connectivity index (χ3n) is 2.18. The zero-order valence-electron chi connectivity index (χ0n) is 8.64. The fourth-order valence-electron chi connectivity index (χ4n) is 1.40. The first-order chi connectivity index (χ1) is 8.49. The number of carbonyl (C=O) groups is 1. The van der Waals surface area contributed by atoms with Gasteiger partial charge < -0.3 is 0 Å². The first kappa shape index (κ1) is 11.5. The van der Waals surface area contributed by atoms with E-state index in [0.717, 1.165) is 18.2 Å². The normalized spacial score (nSPS) is 13.6. The van der Waals surface area contributed by atoms with Gasteiger partial charge in [0.1, 0.15) is 0 Å². The van der Waals surface area contributed by atoms with Gasteiger partial charge in [-0.1, -0.05) is 0 Å². The van der Waals surface area contributed by atoms with Crippen LogP contribution in [0.3, 0.4) is 0 Å². The van der Waals surface area contributed by atoms with E-state index in [9.17, 15) is 25.0 Å². The van der Waals surface area contributed by atoms with Gasteiger partial charge in [0, 0.05) is 23.8 Å². The number of benzene rings is 1. The molecule has 0 saturated heterocycles. The Balaban J connectivity index is 2.54. The number of carbonyl (C=O) groups excluding carboxylic acids is 1. The summed E-state index contributed by atoms with van der Waals surface area (Å²) in [5, 5.41) is 28.0. The predicted molar refractivity (Wildman–Crippen MR) is 57.6 cm³/mol. The number of azo groups is 1. The van der Waals surface area contributed by atoms with Crippen molar-refractivity contribution >= 4 is 23.0 Å². The summed E-state index contributed by atoms with van der Waals surface area (Å²) in [5.41, 5.74) is -0.918. The van der Waals surface area contributed by atoms with Crippen molar-refractivity contribution in [1.29, 1.82) is 0 Å². The minimum absolute atomic E-state index is 0.137. The van der Waals surface area contributed by atoms with E-state index >= 15 is 0 Å². The second kappa shape index (κ2) is 4.13. The molecular formula is C9H4N4O5. The number of hydrogen-bond donors (Lipinski definition) is 0. The quantitative estimate of drug-likeness (QED) is 0.595. The van der Waals surface area contributed by atoms with E-state index < -0.39 is 27.1 Å². The summed E-state index contributed by atoms with van der Waals surface area (Å²) in [4.78, 5) is 30.4. The lowest BCUT2D eigenvalue weighted by Crippen LogP contribution is -1.97. The van der Waals surface area contributed by atoms with Crippen LogP contribution in [0.25, 0.3) is 5.70 Å². The highest BCUT2D eigenvalue weighted by atomic mass is 16.6. The Morgan fingerprint density at radius 2 is 1.67 bits per heavy atom. The van der Waals surface area contributed by atoms with Crippen LogP contribution in [0.2, 0.25) is 0 Å². The van der Waals surface area contributed by atoms with Gasteiger partial charge in [-0.15, -0.1) is 10.2 Å². The van der Waals surface area contributed by atoms with Gasteiger partial charge in [-0.2, -0.15) is 0 Å². The molecule has 18 heavy (non-hydrogen) atoms. The fourth-order valence-corrected chi connectivity index (χ4v) is 1.40. The number of nitro benzene ring substituents is 2. The summed E-state index contributed by atoms with van der Waals surface area (Å²) >= 11 is 0. The number of nitro groups is 2. The summed E-state index contributed by atoms with van der Waals surface area (Å²) in [7, 11) is 0. The highest BCUT2D eigenvalue weighted by Crippen LogP contribution is 2.31. The van der Waals surface area contributed by atoms with E-state index in [0.29, 0.717) is 0 Å². The van der Waals surface area contributed by atoms with Gasteiger partial charge in [-0.3, -0.25) is 25.0 Å². The van der Waals surface area contributed by atoms with Crippen molar-refractivity contribution in [1.82, 2.24) is 0 Å². The van der Waals surface area contributed by atoms with Crippen molar-refractivity contribution in [3.05, 3.63) is 50.1 Å². The van der Waals surface area contributed by atoms with E-state index in [2.05, 4.69) is 10.2 Å². The standard InChI is InChI=1S/C9H4N4O5/c14-9-4-6(10-11-9)5-1-2-7(12(15)16)8(3-5)13(17)18/h1-4H. The highest BCUT2D eigenvalue weighted by molar-refractivity contribution is 5.98. The molecule has 1 heterocycles. The lowest BCUT2D eigenvalue weighted by atomic mass is 10.1. The molecule has 0 aliphatic carbocycles. The number of hydrogen-bond acceptors (Lipinski definition) is 6. The summed E-state index contributed by atoms with van der Waals surface area (Å²) < 4.78 is 0. The Morgan fingerprint density at radius 3 is 2.17 bits per heavy atom. The predicted octanol–water partition coefficient (Wildman–Crippen LogP) is 1.84. The zero-order valence-corrected chi connectivity index (χ0v) is 8.64. The molecule has 0 atom stereocenters. The molecule has 0 unspecified atom stereocenters. The van der Waals surface area contributed by atoms with Crippen LogP contribution in [-0.2, 0) is 4.79 Å². The number of rotatable bonds is 3. The van der Waals surface area contributed by atoms with Crippen molar-refractivity contribution < 1.29 is 14.6 Å². The van der Waals surface area contributed by atoms with E-state index in [4.69, 9.17) is 0 Å². The largest absolute Gasteiger partial charge is 0.346 e. The van der Waals surface area contributed by atoms with Gasteiger partial charge in [0.25, 0.3) is 5.91 Å². The van der Waals surface area contributed by atoms with E-state index in [-0.39, 0.29) is 11.3 Å². The van der Waals surface area contributed by atoms with Gasteiger partial charge in [0.15, 0.2) is 0 Å². The molecule has 0 N–H and O–H groups in total. The summed E-state index contributed by atoms with van der Waals surface area (Å²) in [6, 6.07) is 3.25. The number of nitrogens with zero attached hydrogens (tertiary/aromatic N) is 4. The van der Waals surface area contributed by atoms with Crippen LogP contribution in [-0.4, -0.2) is 15.8 Å². The topological polar surface area (TPSA) is 128 Å². The summed E-state index contributed by atoms with van der Waals surface area (Å²) in [6.07, 6.45) is 1.09. The van der Waals surface area contributed by atoms with Gasteiger partial charge in [0.2, 0.25) is 0 Å². The SMILES string of the molecule is O=C1C=C(c2ccc([N+](=O)[O-])c([N+](=O)[O-])c2)N=N1. The molecule has 0 fully saturated rings. The van der Waals surface area contributed by atoms with Crippen LogP contribution in [0.1, 0.15) is 5.56 Å². The van der Waals surface area contributed by atoms with Crippen LogP contribution in [0.15, 0.2) is 34.5 Å². The second-order valence-corrected chi connectivity index (χ2v) is 3.29. The molecule has 0 aromatic heterocycles. The van der Waals surface area contributed by atoms with Crippen molar-refractivity contribution in [2.45, 2.75) is 0 Å². The van der Waals surface area contributed by atoms with Gasteiger partial charge in [0.05, 0.1) is 15.5 Å². The van der Waals surface area contributed by atoms with Crippen molar-refractivity contribution in [3.8, 4) is 0 Å². The van der Waals surface area contributed by atoms with Crippen LogP contribution < -0.4 is 0 Å². The monoisotopic (exact) mass is 248 g/mol. The van der Waals surface area contributed by atoms with E-state index in [1.807, 2.05) is 0 Å². The average Bonchev–Trinajstić information content (AvgIpc) is 2.75. The van der Waals surface area contributed by atoms with Crippen LogP contribution in [0, 0.1) is 20.2 Å². The third kappa shape index (κ3) is 1.96. The Hall–Kier alpha value is -2.97. The maximum absolute atomic E-state index is 10.8. The van der Waals surface area contributed by atoms with Gasteiger partial charge >= 0.3 is 11.4 Å². The minimum Gasteiger partial charge on any atom is -0.266 e. The maximum atomic E-state index is 10.8. The smallest absolute Gasteiger partial charge is 0.266 e.